The summed E-state index contributed by atoms with van der Waals surface area (Å²) in [5.74, 6) is -0.326. The molecule has 2 atom stereocenters. The molecule has 3 aliphatic rings. The summed E-state index contributed by atoms with van der Waals surface area (Å²) in [4.78, 5) is 18.8. The summed E-state index contributed by atoms with van der Waals surface area (Å²) in [5.41, 5.74) is 0.930. The van der Waals surface area contributed by atoms with Gasteiger partial charge < -0.3 is 14.5 Å². The fourth-order valence-electron chi connectivity index (χ4n) is 5.10. The minimum absolute atomic E-state index is 0.158. The maximum Gasteiger partial charge on any atom is 0.410 e. The number of ether oxygens (including phenoxy) is 1. The number of halogens is 1. The largest absolute Gasteiger partial charge is 0.450 e. The zero-order chi connectivity index (χ0) is 19.7. The van der Waals surface area contributed by atoms with E-state index in [4.69, 9.17) is 10.00 Å². The van der Waals surface area contributed by atoms with Crippen LogP contribution in [0.15, 0.2) is 18.2 Å². The van der Waals surface area contributed by atoms with E-state index in [2.05, 4.69) is 9.80 Å². The van der Waals surface area contributed by atoms with Crippen molar-refractivity contribution in [3.63, 3.8) is 0 Å². The Kier molecular flexibility index (Phi) is 5.40. The van der Waals surface area contributed by atoms with Crippen LogP contribution in [-0.4, -0.2) is 66.8 Å². The maximum absolute atomic E-state index is 14.3. The van der Waals surface area contributed by atoms with Gasteiger partial charge in [-0.05, 0) is 50.8 Å². The van der Waals surface area contributed by atoms with Crippen LogP contribution >= 0.6 is 0 Å². The number of nitrogens with zero attached hydrogens (tertiary/aromatic N) is 4. The van der Waals surface area contributed by atoms with Gasteiger partial charge in [0.2, 0.25) is 0 Å². The molecule has 1 amide bonds. The second-order valence-corrected chi connectivity index (χ2v) is 7.92. The highest BCUT2D eigenvalue weighted by molar-refractivity contribution is 5.69. The standard InChI is InChI=1S/C21H27FN4O2/c1-2-28-21(27)26-16-4-5-17(26)13-18(12-16)24-7-9-25(10-8-24)20-6-3-15(14-23)11-19(20)22/h3,6,11,16-18H,2,4-5,7-10,12-13H2,1H3. The molecule has 0 radical (unpaired) electrons. The summed E-state index contributed by atoms with van der Waals surface area (Å²) in [6.45, 7) is 5.60. The van der Waals surface area contributed by atoms with E-state index in [1.54, 1.807) is 12.1 Å². The monoisotopic (exact) mass is 386 g/mol. The lowest BCUT2D eigenvalue weighted by atomic mass is 9.95. The molecule has 3 heterocycles. The molecule has 4 rings (SSSR count). The molecule has 6 nitrogen and oxygen atoms in total. The first-order chi connectivity index (χ1) is 13.6. The third kappa shape index (κ3) is 3.53. The third-order valence-corrected chi connectivity index (χ3v) is 6.43. The summed E-state index contributed by atoms with van der Waals surface area (Å²) in [5, 5.41) is 8.90. The predicted octanol–water partition coefficient (Wildman–Crippen LogP) is 2.97. The van der Waals surface area contributed by atoms with Crippen LogP contribution in [0.5, 0.6) is 0 Å². The quantitative estimate of drug-likeness (QED) is 0.799. The van der Waals surface area contributed by atoms with E-state index < -0.39 is 0 Å². The number of benzene rings is 1. The number of nitriles is 1. The van der Waals surface area contributed by atoms with E-state index >= 15 is 0 Å². The van der Waals surface area contributed by atoms with Crippen LogP contribution in [-0.2, 0) is 4.74 Å². The van der Waals surface area contributed by atoms with Gasteiger partial charge in [0.25, 0.3) is 0 Å². The second kappa shape index (κ2) is 7.96. The van der Waals surface area contributed by atoms with Crippen molar-refractivity contribution in [2.75, 3.05) is 37.7 Å². The molecule has 0 spiro atoms. The van der Waals surface area contributed by atoms with Gasteiger partial charge in [-0.15, -0.1) is 0 Å². The van der Waals surface area contributed by atoms with Crippen LogP contribution in [0.25, 0.3) is 0 Å². The summed E-state index contributed by atoms with van der Waals surface area (Å²) < 4.78 is 19.6. The van der Waals surface area contributed by atoms with Crippen LogP contribution < -0.4 is 4.90 Å². The first kappa shape index (κ1) is 19.0. The molecule has 150 valence electrons. The summed E-state index contributed by atoms with van der Waals surface area (Å²) in [6.07, 6.45) is 3.98. The number of fused-ring (bicyclic) bond motifs is 2. The van der Waals surface area contributed by atoms with Crippen molar-refractivity contribution in [2.45, 2.75) is 50.7 Å². The third-order valence-electron chi connectivity index (χ3n) is 6.43. The molecule has 0 aromatic heterocycles. The Labute approximate surface area is 165 Å². The Morgan fingerprint density at radius 1 is 1.18 bits per heavy atom. The van der Waals surface area contributed by atoms with Crippen LogP contribution in [0.3, 0.4) is 0 Å². The molecule has 1 aromatic carbocycles. The predicted molar refractivity (Wildman–Crippen MR) is 104 cm³/mol. The Hall–Kier alpha value is -2.33. The number of carbonyl (C=O) groups is 1. The molecular weight excluding hydrogens is 359 g/mol. The van der Waals surface area contributed by atoms with E-state index in [9.17, 15) is 9.18 Å². The lowest BCUT2D eigenvalue weighted by Crippen LogP contribution is -2.56. The molecule has 3 fully saturated rings. The lowest BCUT2D eigenvalue weighted by molar-refractivity contribution is 0.0396. The van der Waals surface area contributed by atoms with E-state index in [0.29, 0.717) is 23.9 Å². The smallest absolute Gasteiger partial charge is 0.410 e. The molecule has 0 N–H and O–H groups in total. The van der Waals surface area contributed by atoms with Crippen molar-refractivity contribution in [1.82, 2.24) is 9.80 Å². The average Bonchev–Trinajstić information content (AvgIpc) is 2.98. The SMILES string of the molecule is CCOC(=O)N1C2CCC1CC(N1CCN(c3ccc(C#N)cc3F)CC1)C2. The van der Waals surface area contributed by atoms with Crippen molar-refractivity contribution in [3.05, 3.63) is 29.6 Å². The molecule has 1 aromatic rings. The molecule has 3 saturated heterocycles. The first-order valence-electron chi connectivity index (χ1n) is 10.2. The lowest BCUT2D eigenvalue weighted by Gasteiger charge is -2.45. The van der Waals surface area contributed by atoms with Gasteiger partial charge in [0.15, 0.2) is 0 Å². The second-order valence-electron chi connectivity index (χ2n) is 7.92. The van der Waals surface area contributed by atoms with Crippen LogP contribution in [0.4, 0.5) is 14.9 Å². The molecular formula is C21H27FN4O2. The van der Waals surface area contributed by atoms with Crippen molar-refractivity contribution in [2.24, 2.45) is 0 Å². The minimum Gasteiger partial charge on any atom is -0.450 e. The number of piperazine rings is 1. The molecule has 28 heavy (non-hydrogen) atoms. The average molecular weight is 386 g/mol. The van der Waals surface area contributed by atoms with Crippen molar-refractivity contribution >= 4 is 11.8 Å². The molecule has 2 bridgehead atoms. The first-order valence-corrected chi connectivity index (χ1v) is 10.2. The summed E-state index contributed by atoms with van der Waals surface area (Å²) >= 11 is 0. The van der Waals surface area contributed by atoms with Crippen LogP contribution in [0.1, 0.15) is 38.2 Å². The van der Waals surface area contributed by atoms with Crippen molar-refractivity contribution < 1.29 is 13.9 Å². The van der Waals surface area contributed by atoms with Gasteiger partial charge in [-0.3, -0.25) is 4.90 Å². The topological polar surface area (TPSA) is 59.8 Å². The molecule has 2 unspecified atom stereocenters. The van der Waals surface area contributed by atoms with Crippen LogP contribution in [0.2, 0.25) is 0 Å². The van der Waals surface area contributed by atoms with Gasteiger partial charge >= 0.3 is 6.09 Å². The summed E-state index contributed by atoms with van der Waals surface area (Å²) in [7, 11) is 0. The van der Waals surface area contributed by atoms with Gasteiger partial charge in [-0.1, -0.05) is 0 Å². The molecule has 0 saturated carbocycles. The number of carbonyl (C=O) groups excluding carboxylic acids is 1. The van der Waals surface area contributed by atoms with Crippen molar-refractivity contribution in [1.29, 1.82) is 5.26 Å². The minimum atomic E-state index is -0.326. The number of hydrogen-bond acceptors (Lipinski definition) is 5. The van der Waals surface area contributed by atoms with E-state index in [1.807, 2.05) is 17.9 Å². The number of rotatable bonds is 3. The van der Waals surface area contributed by atoms with Gasteiger partial charge in [0, 0.05) is 44.3 Å². The highest BCUT2D eigenvalue weighted by Crippen LogP contribution is 2.38. The van der Waals surface area contributed by atoms with E-state index in [-0.39, 0.29) is 24.0 Å². The summed E-state index contributed by atoms with van der Waals surface area (Å²) in [6, 6.07) is 7.73. The Balaban J connectivity index is 1.35. The highest BCUT2D eigenvalue weighted by Gasteiger charge is 2.45. The fourth-order valence-corrected chi connectivity index (χ4v) is 5.10. The van der Waals surface area contributed by atoms with E-state index in [0.717, 1.165) is 51.9 Å². The number of hydrogen-bond donors (Lipinski definition) is 0. The molecule has 7 heteroatoms. The number of amides is 1. The Morgan fingerprint density at radius 3 is 2.43 bits per heavy atom. The zero-order valence-electron chi connectivity index (χ0n) is 16.3. The normalized spacial score (nSPS) is 27.5. The van der Waals surface area contributed by atoms with Gasteiger partial charge in [-0.25, -0.2) is 9.18 Å². The molecule has 3 aliphatic heterocycles. The number of piperidine rings is 1. The van der Waals surface area contributed by atoms with Crippen LogP contribution in [0, 0.1) is 17.1 Å². The Morgan fingerprint density at radius 2 is 1.86 bits per heavy atom. The van der Waals surface area contributed by atoms with Gasteiger partial charge in [-0.2, -0.15) is 5.26 Å². The fraction of sp³-hybridized carbons (Fsp3) is 0.619. The van der Waals surface area contributed by atoms with Gasteiger partial charge in [0.05, 0.1) is 23.9 Å². The maximum atomic E-state index is 14.3. The highest BCUT2D eigenvalue weighted by atomic mass is 19.1. The van der Waals surface area contributed by atoms with Gasteiger partial charge in [0.1, 0.15) is 5.82 Å². The zero-order valence-corrected chi connectivity index (χ0v) is 16.3. The Bertz CT molecular complexity index is 758. The molecule has 0 aliphatic carbocycles. The number of anilines is 1. The van der Waals surface area contributed by atoms with E-state index in [1.165, 1.54) is 6.07 Å². The van der Waals surface area contributed by atoms with Crippen molar-refractivity contribution in [3.8, 4) is 6.07 Å².